The van der Waals surface area contributed by atoms with Gasteiger partial charge in [0.15, 0.2) is 0 Å². The highest BCUT2D eigenvalue weighted by molar-refractivity contribution is 7.36. The number of nitrogens with two attached hydrogens (primary N) is 1. The maximum Gasteiger partial charge on any atom is 0.0542 e. The molecule has 0 radical (unpaired) electrons. The molecule has 4 aromatic rings. The third-order valence-corrected chi connectivity index (χ3v) is 7.99. The van der Waals surface area contributed by atoms with E-state index in [1.807, 2.05) is 28.7 Å². The first-order chi connectivity index (χ1) is 13.3. The average molecular weight is 396 g/mol. The highest BCUT2D eigenvalue weighted by Crippen LogP contribution is 2.44. The van der Waals surface area contributed by atoms with Crippen LogP contribution in [0.25, 0.3) is 29.6 Å². The number of fused-ring (bicyclic) bond motifs is 5. The first-order valence-corrected chi connectivity index (χ1v) is 12.0. The van der Waals surface area contributed by atoms with Gasteiger partial charge in [0.1, 0.15) is 0 Å². The van der Waals surface area contributed by atoms with Crippen LogP contribution in [0.15, 0.2) is 36.4 Å². The van der Waals surface area contributed by atoms with Gasteiger partial charge in [0.05, 0.1) is 9.40 Å². The zero-order valence-electron chi connectivity index (χ0n) is 16.2. The highest BCUT2D eigenvalue weighted by Gasteiger charge is 2.12. The van der Waals surface area contributed by atoms with E-state index in [9.17, 15) is 0 Å². The van der Waals surface area contributed by atoms with Gasteiger partial charge in [0.2, 0.25) is 0 Å². The minimum atomic E-state index is 0.855. The molecule has 2 aromatic heterocycles. The molecule has 2 aromatic carbocycles. The van der Waals surface area contributed by atoms with Crippen molar-refractivity contribution in [1.82, 2.24) is 0 Å². The lowest BCUT2D eigenvalue weighted by Gasteiger charge is -2.03. The van der Waals surface area contributed by atoms with E-state index in [4.69, 9.17) is 5.73 Å². The molecule has 0 amide bonds. The Morgan fingerprint density at radius 1 is 0.704 bits per heavy atom. The summed E-state index contributed by atoms with van der Waals surface area (Å²) in [6.45, 7) is 2.28. The van der Waals surface area contributed by atoms with Crippen molar-refractivity contribution >= 4 is 57.9 Å². The van der Waals surface area contributed by atoms with Crippen molar-refractivity contribution in [2.45, 2.75) is 64.7 Å². The molecule has 2 heterocycles. The first kappa shape index (κ1) is 18.8. The molecule has 0 unspecified atom stereocenters. The van der Waals surface area contributed by atoms with Gasteiger partial charge in [-0.15, -0.1) is 22.7 Å². The molecule has 2 N–H and O–H groups in total. The van der Waals surface area contributed by atoms with Gasteiger partial charge < -0.3 is 5.73 Å². The number of rotatable bonds is 9. The molecular weight excluding hydrogens is 366 g/mol. The number of unbranched alkanes of at least 4 members (excludes halogenated alkanes) is 7. The van der Waals surface area contributed by atoms with Gasteiger partial charge >= 0.3 is 0 Å². The number of aryl methyl sites for hydroxylation is 1. The summed E-state index contributed by atoms with van der Waals surface area (Å²) in [4.78, 5) is 0. The molecule has 3 heteroatoms. The second-order valence-corrected chi connectivity index (χ2v) is 9.78. The van der Waals surface area contributed by atoms with E-state index in [0.717, 1.165) is 5.69 Å². The average Bonchev–Trinajstić information content (AvgIpc) is 3.18. The van der Waals surface area contributed by atoms with Crippen LogP contribution in [0, 0.1) is 0 Å². The molecule has 1 nitrogen and oxygen atoms in total. The summed E-state index contributed by atoms with van der Waals surface area (Å²) >= 11 is 3.82. The van der Waals surface area contributed by atoms with Crippen molar-refractivity contribution in [3.8, 4) is 0 Å². The van der Waals surface area contributed by atoms with Crippen LogP contribution in [0.4, 0.5) is 5.69 Å². The Kier molecular flexibility index (Phi) is 5.99. The van der Waals surface area contributed by atoms with E-state index >= 15 is 0 Å². The summed E-state index contributed by atoms with van der Waals surface area (Å²) in [5, 5.41) is 2.77. The Bertz CT molecular complexity index is 1040. The third kappa shape index (κ3) is 4.14. The van der Waals surface area contributed by atoms with Gasteiger partial charge in [0.25, 0.3) is 0 Å². The van der Waals surface area contributed by atoms with E-state index in [2.05, 4.69) is 37.3 Å². The Labute approximate surface area is 170 Å². The van der Waals surface area contributed by atoms with Crippen molar-refractivity contribution in [2.24, 2.45) is 0 Å². The summed E-state index contributed by atoms with van der Waals surface area (Å²) in [6, 6.07) is 13.4. The lowest BCUT2D eigenvalue weighted by atomic mass is 10.0. The highest BCUT2D eigenvalue weighted by atomic mass is 32.1. The molecule has 142 valence electrons. The van der Waals surface area contributed by atoms with Crippen molar-refractivity contribution in [1.29, 1.82) is 0 Å². The van der Waals surface area contributed by atoms with Crippen molar-refractivity contribution in [3.63, 3.8) is 0 Å². The molecule has 4 rings (SSSR count). The largest absolute Gasteiger partial charge is 0.399 e. The summed E-state index contributed by atoms with van der Waals surface area (Å²) in [7, 11) is 0. The van der Waals surface area contributed by atoms with E-state index in [1.54, 1.807) is 0 Å². The quantitative estimate of drug-likeness (QED) is 0.223. The van der Waals surface area contributed by atoms with E-state index in [0.29, 0.717) is 0 Å². The number of benzene rings is 2. The van der Waals surface area contributed by atoms with Gasteiger partial charge in [-0.3, -0.25) is 0 Å². The standard InChI is InChI=1S/C24H29NS2/c1-2-3-4-5-6-7-8-9-10-17-11-13-19-21(15-17)26-24-20-14-12-18(25)16-22(20)27-23(19)24/h11-16H,2-10,25H2,1H3. The van der Waals surface area contributed by atoms with Gasteiger partial charge in [0, 0.05) is 25.9 Å². The second kappa shape index (κ2) is 8.62. The van der Waals surface area contributed by atoms with Gasteiger partial charge in [-0.2, -0.15) is 0 Å². The van der Waals surface area contributed by atoms with Crippen LogP contribution >= 0.6 is 22.7 Å². The molecule has 0 saturated carbocycles. The second-order valence-electron chi connectivity index (χ2n) is 7.67. The van der Waals surface area contributed by atoms with Crippen molar-refractivity contribution in [3.05, 3.63) is 42.0 Å². The predicted molar refractivity (Wildman–Crippen MR) is 125 cm³/mol. The molecule has 0 saturated heterocycles. The molecule has 0 fully saturated rings. The minimum absolute atomic E-state index is 0.855. The summed E-state index contributed by atoms with van der Waals surface area (Å²) in [5.41, 5.74) is 8.31. The third-order valence-electron chi connectivity index (χ3n) is 5.49. The fraction of sp³-hybridized carbons (Fsp3) is 0.417. The van der Waals surface area contributed by atoms with Crippen LogP contribution in [0.1, 0.15) is 63.9 Å². The zero-order chi connectivity index (χ0) is 18.6. The van der Waals surface area contributed by atoms with Crippen LogP contribution < -0.4 is 5.73 Å². The Balaban J connectivity index is 1.41. The molecule has 27 heavy (non-hydrogen) atoms. The molecule has 0 aliphatic carbocycles. The Hall–Kier alpha value is -1.58. The first-order valence-electron chi connectivity index (χ1n) is 10.4. The van der Waals surface area contributed by atoms with Gasteiger partial charge in [-0.25, -0.2) is 0 Å². The molecule has 0 atom stereocenters. The SMILES string of the molecule is CCCCCCCCCCc1ccc2c(c1)sc1c3ccc(N)cc3sc21. The molecule has 0 aliphatic heterocycles. The number of thiophene rings is 2. The lowest BCUT2D eigenvalue weighted by molar-refractivity contribution is 0.575. The summed E-state index contributed by atoms with van der Waals surface area (Å²) in [6.07, 6.45) is 12.3. The number of anilines is 1. The molecule has 0 bridgehead atoms. The van der Waals surface area contributed by atoms with E-state index in [1.165, 1.54) is 92.9 Å². The maximum atomic E-state index is 5.96. The van der Waals surface area contributed by atoms with Crippen molar-refractivity contribution in [2.75, 3.05) is 5.73 Å². The van der Waals surface area contributed by atoms with Crippen LogP contribution in [-0.4, -0.2) is 0 Å². The lowest BCUT2D eigenvalue weighted by Crippen LogP contribution is -1.86. The van der Waals surface area contributed by atoms with Crippen LogP contribution in [0.2, 0.25) is 0 Å². The zero-order valence-corrected chi connectivity index (χ0v) is 17.9. The topological polar surface area (TPSA) is 26.0 Å². The predicted octanol–water partition coefficient (Wildman–Crippen LogP) is 8.53. The van der Waals surface area contributed by atoms with Crippen molar-refractivity contribution < 1.29 is 0 Å². The molecule has 0 spiro atoms. The number of nitrogen functional groups attached to an aromatic ring is 1. The molecule has 0 aliphatic rings. The molecular formula is C24H29NS2. The normalized spacial score (nSPS) is 11.9. The van der Waals surface area contributed by atoms with Gasteiger partial charge in [-0.1, -0.05) is 70.1 Å². The van der Waals surface area contributed by atoms with Crippen LogP contribution in [0.3, 0.4) is 0 Å². The fourth-order valence-corrected chi connectivity index (χ4v) is 6.70. The number of hydrogen-bond donors (Lipinski definition) is 1. The Morgan fingerprint density at radius 3 is 2.00 bits per heavy atom. The number of hydrogen-bond acceptors (Lipinski definition) is 3. The van der Waals surface area contributed by atoms with Gasteiger partial charge in [-0.05, 0) is 36.6 Å². The minimum Gasteiger partial charge on any atom is -0.399 e. The summed E-state index contributed by atoms with van der Waals surface area (Å²) < 4.78 is 5.59. The monoisotopic (exact) mass is 395 g/mol. The van der Waals surface area contributed by atoms with Crippen LogP contribution in [0.5, 0.6) is 0 Å². The Morgan fingerprint density at radius 2 is 1.30 bits per heavy atom. The van der Waals surface area contributed by atoms with Crippen LogP contribution in [-0.2, 0) is 6.42 Å². The maximum absolute atomic E-state index is 5.96. The summed E-state index contributed by atoms with van der Waals surface area (Å²) in [5.74, 6) is 0. The van der Waals surface area contributed by atoms with E-state index < -0.39 is 0 Å². The smallest absolute Gasteiger partial charge is 0.0542 e. The van der Waals surface area contributed by atoms with E-state index in [-0.39, 0.29) is 0 Å². The fourth-order valence-electron chi connectivity index (χ4n) is 3.94.